The Labute approximate surface area is 494 Å². The molecule has 0 saturated heterocycles. The van der Waals surface area contributed by atoms with Crippen molar-refractivity contribution in [2.75, 3.05) is 74.7 Å². The van der Waals surface area contributed by atoms with Crippen molar-refractivity contribution in [2.45, 2.75) is 177 Å². The number of nitrogens with one attached hydrogen (secondary N) is 2. The van der Waals surface area contributed by atoms with Crippen LogP contribution in [0, 0.1) is 5.92 Å². The molecule has 16 heteroatoms. The first-order chi connectivity index (χ1) is 39.6. The van der Waals surface area contributed by atoms with E-state index in [1.807, 2.05) is 48.5 Å². The fourth-order valence-corrected chi connectivity index (χ4v) is 12.9. The lowest BCUT2D eigenvalue weighted by Crippen LogP contribution is -2.64. The van der Waals surface area contributed by atoms with Gasteiger partial charge in [0.25, 0.3) is 0 Å². The van der Waals surface area contributed by atoms with E-state index >= 15 is 14.4 Å². The standard InChI is InChI=1S/C66H95ClN6O9/c1-7-45-81-64(79)71(4)44-47-80-46-43-68-49-58(74)69-65(41-27-28-42-65)63(78)73(6)60(52-31-23-24-32-52)62(77)72(5)57(61(76)70(2)3)48-59(75)82-66(53-33-21-18-22-34-53,55-35-25-26-36-56(55)67)54-39-37-51(38-40-54)50-29-19-16-14-12-10-8-9-11-13-15-17-20-30-50/h7,18,21-22,25-26,33-40,50,52,57,60,68H,1,8-17,19-20,23-24,27-32,41-49H2,2-6H3,(H,69,74)/t57-,60-,66?/m0/s1. The highest BCUT2D eigenvalue weighted by Gasteiger charge is 2.50. The molecule has 3 fully saturated rings. The monoisotopic (exact) mass is 1150 g/mol. The van der Waals surface area contributed by atoms with Gasteiger partial charge < -0.3 is 44.4 Å². The van der Waals surface area contributed by atoms with E-state index in [1.165, 1.54) is 115 Å². The molecule has 82 heavy (non-hydrogen) atoms. The van der Waals surface area contributed by atoms with E-state index in [0.717, 1.165) is 25.7 Å². The third-order valence-corrected chi connectivity index (χ3v) is 17.6. The van der Waals surface area contributed by atoms with E-state index in [0.29, 0.717) is 79.2 Å². The number of benzene rings is 3. The zero-order valence-corrected chi connectivity index (χ0v) is 50.7. The summed E-state index contributed by atoms with van der Waals surface area (Å²) in [5, 5.41) is 6.54. The number of hydrogen-bond acceptors (Lipinski definition) is 10. The molecule has 6 rings (SSSR count). The van der Waals surface area contributed by atoms with Crippen LogP contribution in [0.15, 0.2) is 91.5 Å². The second kappa shape index (κ2) is 33.5. The van der Waals surface area contributed by atoms with Gasteiger partial charge >= 0.3 is 12.1 Å². The molecule has 3 saturated carbocycles. The maximum Gasteiger partial charge on any atom is 0.409 e. The lowest BCUT2D eigenvalue weighted by Gasteiger charge is -2.41. The molecular formula is C66H95ClN6O9. The van der Waals surface area contributed by atoms with Crippen LogP contribution >= 0.6 is 11.6 Å². The molecule has 0 aromatic heterocycles. The molecule has 1 unspecified atom stereocenters. The number of esters is 1. The van der Waals surface area contributed by atoms with Crippen molar-refractivity contribution in [3.63, 3.8) is 0 Å². The Morgan fingerprint density at radius 1 is 0.683 bits per heavy atom. The summed E-state index contributed by atoms with van der Waals surface area (Å²) >= 11 is 7.18. The molecule has 3 atom stereocenters. The summed E-state index contributed by atoms with van der Waals surface area (Å²) < 4.78 is 17.6. The maximum atomic E-state index is 15.4. The summed E-state index contributed by atoms with van der Waals surface area (Å²) in [5.74, 6) is -2.23. The molecule has 0 radical (unpaired) electrons. The van der Waals surface area contributed by atoms with Crippen molar-refractivity contribution in [1.29, 1.82) is 0 Å². The van der Waals surface area contributed by atoms with Gasteiger partial charge in [-0.3, -0.25) is 24.0 Å². The predicted molar refractivity (Wildman–Crippen MR) is 323 cm³/mol. The van der Waals surface area contributed by atoms with E-state index in [2.05, 4.69) is 41.5 Å². The number of hydrogen-bond donors (Lipinski definition) is 2. The highest BCUT2D eigenvalue weighted by atomic mass is 35.5. The SMILES string of the molecule is C=CCOC(=O)N(C)CCOCCNCC(=O)NC1(C(=O)N(C)[C@H](C(=O)N(C)[C@@H](CC(=O)OC(c2ccccc2)(c2ccc(C3CCCCCCCCCCCCCC3)cc2)c2ccccc2Cl)C(=O)N(C)C)C2CCCC2)CCCC1. The number of nitrogens with zero attached hydrogens (tertiary/aromatic N) is 4. The van der Waals surface area contributed by atoms with Crippen LogP contribution in [0.5, 0.6) is 0 Å². The number of carbonyl (C=O) groups is 6. The zero-order chi connectivity index (χ0) is 58.9. The summed E-state index contributed by atoms with van der Waals surface area (Å²) in [5.41, 5.74) is 0.373. The molecule has 15 nitrogen and oxygen atoms in total. The quantitative estimate of drug-likeness (QED) is 0.0381. The molecule has 0 heterocycles. The largest absolute Gasteiger partial charge is 0.445 e. The van der Waals surface area contributed by atoms with Gasteiger partial charge in [-0.1, -0.05) is 200 Å². The van der Waals surface area contributed by atoms with Crippen LogP contribution in [0.4, 0.5) is 4.79 Å². The number of likely N-dealkylation sites (N-methyl/N-ethyl adjacent to an activating group) is 4. The van der Waals surface area contributed by atoms with Crippen LogP contribution in [-0.4, -0.2) is 148 Å². The number of carbonyl (C=O) groups excluding carboxylic acids is 6. The van der Waals surface area contributed by atoms with Crippen molar-refractivity contribution in [2.24, 2.45) is 5.92 Å². The molecule has 0 spiro atoms. The Bertz CT molecular complexity index is 2480. The summed E-state index contributed by atoms with van der Waals surface area (Å²) in [7, 11) is 7.96. The van der Waals surface area contributed by atoms with Crippen LogP contribution in [0.25, 0.3) is 0 Å². The van der Waals surface area contributed by atoms with Crippen LogP contribution in [0.1, 0.15) is 176 Å². The highest BCUT2D eigenvalue weighted by molar-refractivity contribution is 6.31. The molecule has 3 aromatic rings. The van der Waals surface area contributed by atoms with Crippen molar-refractivity contribution in [3.05, 3.63) is 119 Å². The van der Waals surface area contributed by atoms with E-state index in [1.54, 1.807) is 34.3 Å². The van der Waals surface area contributed by atoms with Gasteiger partial charge in [-0.15, -0.1) is 0 Å². The molecule has 0 bridgehead atoms. The van der Waals surface area contributed by atoms with E-state index in [9.17, 15) is 14.4 Å². The number of rotatable bonds is 24. The second-order valence-corrected chi connectivity index (χ2v) is 23.8. The normalized spacial score (nSPS) is 18.1. The molecule has 3 aliphatic rings. The molecular weight excluding hydrogens is 1060 g/mol. The molecule has 0 aliphatic heterocycles. The third-order valence-electron chi connectivity index (χ3n) is 17.2. The summed E-state index contributed by atoms with van der Waals surface area (Å²) in [4.78, 5) is 91.4. The summed E-state index contributed by atoms with van der Waals surface area (Å²) in [6, 6.07) is 23.1. The Hall–Kier alpha value is -5.77. The van der Waals surface area contributed by atoms with Gasteiger partial charge in [0, 0.05) is 70.0 Å². The van der Waals surface area contributed by atoms with Crippen LogP contribution in [0.2, 0.25) is 5.02 Å². The van der Waals surface area contributed by atoms with Gasteiger partial charge in [0.15, 0.2) is 5.60 Å². The third kappa shape index (κ3) is 18.1. The van der Waals surface area contributed by atoms with E-state index < -0.39 is 53.5 Å². The second-order valence-electron chi connectivity index (χ2n) is 23.4. The van der Waals surface area contributed by atoms with Gasteiger partial charge in [-0.2, -0.15) is 0 Å². The first kappa shape index (κ1) is 65.4. The fraction of sp³-hybridized carbons (Fsp3) is 0.606. The summed E-state index contributed by atoms with van der Waals surface area (Å²) in [6.07, 6.45) is 23.5. The summed E-state index contributed by atoms with van der Waals surface area (Å²) in [6.45, 7) is 4.83. The minimum atomic E-state index is -1.56. The lowest BCUT2D eigenvalue weighted by atomic mass is 9.78. The van der Waals surface area contributed by atoms with E-state index in [-0.39, 0.29) is 44.1 Å². The minimum Gasteiger partial charge on any atom is -0.445 e. The topological polar surface area (TPSA) is 167 Å². The molecule has 2 N–H and O–H groups in total. The smallest absolute Gasteiger partial charge is 0.409 e. The first-order valence-electron chi connectivity index (χ1n) is 30.6. The highest BCUT2D eigenvalue weighted by Crippen LogP contribution is 2.45. The van der Waals surface area contributed by atoms with Crippen molar-refractivity contribution < 1.29 is 43.0 Å². The molecule has 450 valence electrons. The number of ether oxygens (including phenoxy) is 3. The number of halogens is 1. The van der Waals surface area contributed by atoms with Crippen LogP contribution in [-0.2, 0) is 43.8 Å². The molecule has 3 aromatic carbocycles. The molecule has 3 aliphatic carbocycles. The maximum absolute atomic E-state index is 15.4. The van der Waals surface area contributed by atoms with E-state index in [4.69, 9.17) is 25.8 Å². The Kier molecular flexibility index (Phi) is 26.7. The van der Waals surface area contributed by atoms with Gasteiger partial charge in [-0.25, -0.2) is 4.79 Å². The Morgan fingerprint density at radius 3 is 1.83 bits per heavy atom. The fourth-order valence-electron chi connectivity index (χ4n) is 12.6. The van der Waals surface area contributed by atoms with Crippen LogP contribution < -0.4 is 10.6 Å². The van der Waals surface area contributed by atoms with Gasteiger partial charge in [0.1, 0.15) is 24.2 Å². The van der Waals surface area contributed by atoms with Gasteiger partial charge in [0.05, 0.1) is 26.2 Å². The average molecular weight is 1150 g/mol. The van der Waals surface area contributed by atoms with Gasteiger partial charge in [-0.05, 0) is 62.0 Å². The zero-order valence-electron chi connectivity index (χ0n) is 49.9. The average Bonchev–Trinajstić information content (AvgIpc) is 4.27. The molecule has 5 amide bonds. The van der Waals surface area contributed by atoms with Crippen molar-refractivity contribution >= 4 is 47.3 Å². The van der Waals surface area contributed by atoms with Crippen molar-refractivity contribution in [1.82, 2.24) is 30.2 Å². The first-order valence-corrected chi connectivity index (χ1v) is 31.0. The van der Waals surface area contributed by atoms with Gasteiger partial charge in [0.2, 0.25) is 23.6 Å². The Balaban J connectivity index is 1.22. The lowest BCUT2D eigenvalue weighted by molar-refractivity contribution is -0.161. The van der Waals surface area contributed by atoms with Crippen LogP contribution in [0.3, 0.4) is 0 Å². The minimum absolute atomic E-state index is 0.0676. The predicted octanol–water partition coefficient (Wildman–Crippen LogP) is 11.3. The number of amides is 5. The Morgan fingerprint density at radius 2 is 1.24 bits per heavy atom. The van der Waals surface area contributed by atoms with Crippen molar-refractivity contribution in [3.8, 4) is 0 Å².